The second-order valence-corrected chi connectivity index (χ2v) is 10.6. The van der Waals surface area contributed by atoms with E-state index in [-0.39, 0.29) is 0 Å². The van der Waals surface area contributed by atoms with Crippen LogP contribution in [0.1, 0.15) is 5.56 Å². The van der Waals surface area contributed by atoms with Crippen LogP contribution in [0, 0.1) is 0 Å². The van der Waals surface area contributed by atoms with Crippen molar-refractivity contribution in [1.82, 2.24) is 0 Å². The van der Waals surface area contributed by atoms with Gasteiger partial charge in [0, 0.05) is 5.02 Å². The van der Waals surface area contributed by atoms with E-state index in [4.69, 9.17) is 11.6 Å². The first-order chi connectivity index (χ1) is 8.59. The Morgan fingerprint density at radius 1 is 0.889 bits per heavy atom. The molecule has 0 fully saturated rings. The van der Waals surface area contributed by atoms with Crippen LogP contribution in [0.2, 0.25) is 24.2 Å². The van der Waals surface area contributed by atoms with Crippen LogP contribution in [0.3, 0.4) is 0 Å². The van der Waals surface area contributed by atoms with E-state index < -0.39 is 8.07 Å². The van der Waals surface area contributed by atoms with Crippen LogP contribution in [0.4, 0.5) is 0 Å². The van der Waals surface area contributed by atoms with Gasteiger partial charge >= 0.3 is 0 Å². The lowest BCUT2D eigenvalue weighted by Gasteiger charge is -2.23. The van der Waals surface area contributed by atoms with E-state index in [1.54, 1.807) is 0 Å². The van der Waals surface area contributed by atoms with Crippen molar-refractivity contribution in [2.75, 3.05) is 0 Å². The largest absolute Gasteiger partial charge is 0.0840 e. The smallest absolute Gasteiger partial charge is 0.0809 e. The van der Waals surface area contributed by atoms with Crippen molar-refractivity contribution < 1.29 is 0 Å². The second kappa shape index (κ2) is 5.72. The summed E-state index contributed by atoms with van der Waals surface area (Å²) in [5, 5.41) is 2.42. The summed E-state index contributed by atoms with van der Waals surface area (Å²) in [5.74, 6) is 0. The van der Waals surface area contributed by atoms with Crippen LogP contribution in [0.15, 0.2) is 54.6 Å². The van der Waals surface area contributed by atoms with Gasteiger partial charge in [0.1, 0.15) is 0 Å². The minimum absolute atomic E-state index is 0.898. The van der Waals surface area contributed by atoms with Gasteiger partial charge in [-0.1, -0.05) is 78.4 Å². The predicted molar refractivity (Wildman–Crippen MR) is 83.5 cm³/mol. The maximum Gasteiger partial charge on any atom is 0.0809 e. The van der Waals surface area contributed by atoms with Crippen molar-refractivity contribution in [3.63, 3.8) is 0 Å². The highest BCUT2D eigenvalue weighted by Crippen LogP contribution is 2.20. The highest BCUT2D eigenvalue weighted by molar-refractivity contribution is 6.89. The average molecular weight is 275 g/mol. The van der Waals surface area contributed by atoms with Crippen molar-refractivity contribution >= 4 is 24.9 Å². The Hall–Kier alpha value is -1.05. The minimum Gasteiger partial charge on any atom is -0.0840 e. The van der Waals surface area contributed by atoms with Gasteiger partial charge in [0.2, 0.25) is 0 Å². The summed E-state index contributed by atoms with van der Waals surface area (Å²) in [4.78, 5) is 0. The lowest BCUT2D eigenvalue weighted by molar-refractivity contribution is 1.10. The first-order valence-corrected chi connectivity index (χ1v) is 9.97. The zero-order valence-corrected chi connectivity index (χ0v) is 12.7. The third-order valence-electron chi connectivity index (χ3n) is 3.53. The zero-order chi connectivity index (χ0) is 13.0. The van der Waals surface area contributed by atoms with E-state index in [0.717, 1.165) is 11.4 Å². The molecule has 2 heteroatoms. The molecule has 2 aromatic rings. The summed E-state index contributed by atoms with van der Waals surface area (Å²) in [5.41, 5.74) is 1.27. The molecule has 0 unspecified atom stereocenters. The molecule has 0 amide bonds. The molecule has 0 nitrogen and oxygen atoms in total. The van der Waals surface area contributed by atoms with Gasteiger partial charge in [0.15, 0.2) is 0 Å². The van der Waals surface area contributed by atoms with E-state index in [9.17, 15) is 0 Å². The molecule has 0 aliphatic heterocycles. The van der Waals surface area contributed by atoms with Gasteiger partial charge in [-0.05, 0) is 24.1 Å². The summed E-state index contributed by atoms with van der Waals surface area (Å²) < 4.78 is 0. The van der Waals surface area contributed by atoms with Gasteiger partial charge < -0.3 is 0 Å². The number of benzene rings is 2. The molecule has 2 rings (SSSR count). The van der Waals surface area contributed by atoms with Crippen molar-refractivity contribution in [2.24, 2.45) is 0 Å². The van der Waals surface area contributed by atoms with Gasteiger partial charge in [0.25, 0.3) is 0 Å². The molecule has 0 radical (unpaired) electrons. The molecule has 0 aliphatic rings. The zero-order valence-electron chi connectivity index (χ0n) is 11.0. The fourth-order valence-electron chi connectivity index (χ4n) is 2.18. The molecule has 0 aromatic heterocycles. The maximum absolute atomic E-state index is 6.21. The molecular weight excluding hydrogens is 256 g/mol. The summed E-state index contributed by atoms with van der Waals surface area (Å²) in [6.07, 6.45) is 1.08. The fraction of sp³-hybridized carbons (Fsp3) is 0.250. The van der Waals surface area contributed by atoms with Crippen LogP contribution in [-0.2, 0) is 6.42 Å². The molecule has 0 saturated carbocycles. The maximum atomic E-state index is 6.21. The second-order valence-electron chi connectivity index (χ2n) is 5.34. The van der Waals surface area contributed by atoms with Gasteiger partial charge in [0.05, 0.1) is 8.07 Å². The monoisotopic (exact) mass is 274 g/mol. The lowest BCUT2D eigenvalue weighted by atomic mass is 10.2. The number of halogens is 1. The Labute approximate surface area is 116 Å². The highest BCUT2D eigenvalue weighted by Gasteiger charge is 2.22. The van der Waals surface area contributed by atoms with Gasteiger partial charge in [-0.3, -0.25) is 0 Å². The molecule has 2 aromatic carbocycles. The normalized spacial score (nSPS) is 11.5. The van der Waals surface area contributed by atoms with E-state index in [1.165, 1.54) is 16.8 Å². The van der Waals surface area contributed by atoms with Crippen LogP contribution < -0.4 is 5.19 Å². The van der Waals surface area contributed by atoms with Crippen molar-refractivity contribution in [1.29, 1.82) is 0 Å². The van der Waals surface area contributed by atoms with Crippen molar-refractivity contribution in [2.45, 2.75) is 25.6 Å². The fourth-order valence-corrected chi connectivity index (χ4v) is 4.69. The Morgan fingerprint density at radius 2 is 1.50 bits per heavy atom. The van der Waals surface area contributed by atoms with Gasteiger partial charge in [-0.15, -0.1) is 0 Å². The molecule has 0 aliphatic carbocycles. The molecule has 0 N–H and O–H groups in total. The molecule has 18 heavy (non-hydrogen) atoms. The van der Waals surface area contributed by atoms with Crippen molar-refractivity contribution in [3.05, 3.63) is 65.2 Å². The Balaban J connectivity index is 2.08. The lowest BCUT2D eigenvalue weighted by Crippen LogP contribution is -2.41. The van der Waals surface area contributed by atoms with Crippen LogP contribution >= 0.6 is 11.6 Å². The first-order valence-electron chi connectivity index (χ1n) is 6.38. The predicted octanol–water partition coefficient (Wildman–Crippen LogP) is 4.50. The number of rotatable bonds is 4. The van der Waals surface area contributed by atoms with E-state index in [2.05, 4.69) is 55.6 Å². The summed E-state index contributed by atoms with van der Waals surface area (Å²) in [7, 11) is -1.34. The quantitative estimate of drug-likeness (QED) is 0.720. The Kier molecular flexibility index (Phi) is 4.26. The molecule has 94 valence electrons. The molecule has 0 heterocycles. The van der Waals surface area contributed by atoms with E-state index in [1.807, 2.05) is 12.1 Å². The van der Waals surface area contributed by atoms with Crippen LogP contribution in [0.5, 0.6) is 0 Å². The standard InChI is InChI=1S/C16H19ClSi/c1-18(2,15-9-4-3-5-10-15)13-12-14-8-6-7-11-16(14)17/h3-11H,12-13H2,1-2H3. The third-order valence-corrected chi connectivity index (χ3v) is 7.30. The summed E-state index contributed by atoms with van der Waals surface area (Å²) >= 11 is 6.21. The minimum atomic E-state index is -1.34. The SMILES string of the molecule is C[Si](C)(CCc1ccccc1Cl)c1ccccc1. The topological polar surface area (TPSA) is 0 Å². The third kappa shape index (κ3) is 3.24. The summed E-state index contributed by atoms with van der Waals surface area (Å²) in [6, 6.07) is 20.3. The van der Waals surface area contributed by atoms with Gasteiger partial charge in [-0.25, -0.2) is 0 Å². The Bertz CT molecular complexity index is 506. The number of hydrogen-bond donors (Lipinski definition) is 0. The highest BCUT2D eigenvalue weighted by atomic mass is 35.5. The number of aryl methyl sites for hydroxylation is 1. The first kappa shape index (κ1) is 13.4. The molecular formula is C16H19ClSi. The molecule has 0 atom stereocenters. The average Bonchev–Trinajstić information content (AvgIpc) is 2.39. The Morgan fingerprint density at radius 3 is 2.17 bits per heavy atom. The van der Waals surface area contributed by atoms with E-state index >= 15 is 0 Å². The number of hydrogen-bond acceptors (Lipinski definition) is 0. The van der Waals surface area contributed by atoms with Crippen molar-refractivity contribution in [3.8, 4) is 0 Å². The van der Waals surface area contributed by atoms with Crippen LogP contribution in [-0.4, -0.2) is 8.07 Å². The van der Waals surface area contributed by atoms with E-state index in [0.29, 0.717) is 0 Å². The molecule has 0 bridgehead atoms. The van der Waals surface area contributed by atoms with Crippen LogP contribution in [0.25, 0.3) is 0 Å². The van der Waals surface area contributed by atoms with Gasteiger partial charge in [-0.2, -0.15) is 0 Å². The molecule has 0 saturated heterocycles. The summed E-state index contributed by atoms with van der Waals surface area (Å²) in [6.45, 7) is 4.86. The molecule has 0 spiro atoms.